The molecule has 4 heterocycles. The SMILES string of the molecule is Fc1cccc(F)c1C1=Nc2c(Br)cnn2-c2cc(N3CCOCC3)ncc2N1. The zero-order valence-electron chi connectivity index (χ0n) is 15.1. The molecule has 148 valence electrons. The lowest BCUT2D eigenvalue weighted by molar-refractivity contribution is 0.122. The van der Waals surface area contributed by atoms with Gasteiger partial charge in [-0.05, 0) is 28.1 Å². The number of aromatic nitrogens is 3. The summed E-state index contributed by atoms with van der Waals surface area (Å²) in [6, 6.07) is 5.59. The van der Waals surface area contributed by atoms with Crippen molar-refractivity contribution in [2.75, 3.05) is 36.5 Å². The number of amidine groups is 1. The van der Waals surface area contributed by atoms with E-state index in [0.29, 0.717) is 34.9 Å². The number of pyridine rings is 1. The minimum atomic E-state index is -0.709. The predicted octanol–water partition coefficient (Wildman–Crippen LogP) is 3.65. The lowest BCUT2D eigenvalue weighted by atomic mass is 10.1. The van der Waals surface area contributed by atoms with Crippen LogP contribution in [0.1, 0.15) is 5.56 Å². The Kier molecular flexibility index (Phi) is 4.51. The van der Waals surface area contributed by atoms with Gasteiger partial charge in [0.05, 0.1) is 47.0 Å². The minimum absolute atomic E-state index is 0.0442. The third-order valence-electron chi connectivity index (χ3n) is 4.80. The zero-order valence-corrected chi connectivity index (χ0v) is 16.7. The molecule has 0 bridgehead atoms. The smallest absolute Gasteiger partial charge is 0.172 e. The molecule has 0 radical (unpaired) electrons. The first-order valence-electron chi connectivity index (χ1n) is 8.98. The summed E-state index contributed by atoms with van der Waals surface area (Å²) in [6.07, 6.45) is 3.22. The van der Waals surface area contributed by atoms with Gasteiger partial charge >= 0.3 is 0 Å². The highest BCUT2D eigenvalue weighted by atomic mass is 79.9. The van der Waals surface area contributed by atoms with E-state index >= 15 is 0 Å². The lowest BCUT2D eigenvalue weighted by Crippen LogP contribution is -2.36. The second-order valence-electron chi connectivity index (χ2n) is 6.57. The van der Waals surface area contributed by atoms with Crippen LogP contribution in [0.3, 0.4) is 0 Å². The fourth-order valence-electron chi connectivity index (χ4n) is 3.37. The van der Waals surface area contributed by atoms with Gasteiger partial charge in [0.1, 0.15) is 23.3 Å². The first-order valence-corrected chi connectivity index (χ1v) is 9.78. The number of morpholine rings is 1. The van der Waals surface area contributed by atoms with Crippen molar-refractivity contribution in [2.45, 2.75) is 0 Å². The molecule has 29 heavy (non-hydrogen) atoms. The fourth-order valence-corrected chi connectivity index (χ4v) is 3.72. The zero-order chi connectivity index (χ0) is 20.0. The van der Waals surface area contributed by atoms with Crippen LogP contribution in [-0.2, 0) is 4.74 Å². The number of rotatable bonds is 2. The van der Waals surface area contributed by atoms with Gasteiger partial charge in [-0.2, -0.15) is 5.10 Å². The Labute approximate surface area is 173 Å². The molecule has 0 atom stereocenters. The number of aliphatic imine (C=N–C) groups is 1. The second kappa shape index (κ2) is 7.20. The fraction of sp³-hybridized carbons (Fsp3) is 0.211. The summed E-state index contributed by atoms with van der Waals surface area (Å²) in [5.74, 6) is -0.178. The van der Waals surface area contributed by atoms with E-state index in [2.05, 4.69) is 41.2 Å². The van der Waals surface area contributed by atoms with E-state index in [4.69, 9.17) is 4.74 Å². The molecule has 0 saturated carbocycles. The van der Waals surface area contributed by atoms with Crippen LogP contribution in [-0.4, -0.2) is 46.9 Å². The van der Waals surface area contributed by atoms with Crippen molar-refractivity contribution < 1.29 is 13.5 Å². The van der Waals surface area contributed by atoms with Gasteiger partial charge in [0.15, 0.2) is 5.82 Å². The van der Waals surface area contributed by atoms with E-state index in [1.54, 1.807) is 17.1 Å². The highest BCUT2D eigenvalue weighted by molar-refractivity contribution is 9.10. The van der Waals surface area contributed by atoms with Gasteiger partial charge in [-0.15, -0.1) is 0 Å². The topological polar surface area (TPSA) is 67.6 Å². The Morgan fingerprint density at radius 2 is 1.86 bits per heavy atom. The van der Waals surface area contributed by atoms with Crippen molar-refractivity contribution in [3.63, 3.8) is 0 Å². The monoisotopic (exact) mass is 460 g/mol. The van der Waals surface area contributed by atoms with Crippen molar-refractivity contribution >= 4 is 39.1 Å². The van der Waals surface area contributed by atoms with Gasteiger partial charge in [0.2, 0.25) is 0 Å². The van der Waals surface area contributed by atoms with Crippen molar-refractivity contribution in [3.05, 3.63) is 58.3 Å². The third kappa shape index (κ3) is 3.18. The number of nitrogens with zero attached hydrogens (tertiary/aromatic N) is 5. The molecule has 10 heteroatoms. The maximum atomic E-state index is 14.4. The molecule has 2 aliphatic rings. The van der Waals surface area contributed by atoms with Gasteiger partial charge in [0, 0.05) is 19.2 Å². The summed E-state index contributed by atoms with van der Waals surface area (Å²) >= 11 is 3.42. The molecule has 1 aromatic carbocycles. The molecule has 0 aliphatic carbocycles. The quantitative estimate of drug-likeness (QED) is 0.632. The molecule has 7 nitrogen and oxygen atoms in total. The maximum Gasteiger partial charge on any atom is 0.172 e. The highest BCUT2D eigenvalue weighted by Crippen LogP contribution is 2.36. The van der Waals surface area contributed by atoms with Crippen LogP contribution >= 0.6 is 15.9 Å². The summed E-state index contributed by atoms with van der Waals surface area (Å²) in [6.45, 7) is 2.74. The Hall–Kier alpha value is -2.85. The predicted molar refractivity (Wildman–Crippen MR) is 108 cm³/mol. The number of halogens is 3. The molecule has 5 rings (SSSR count). The molecule has 0 unspecified atom stereocenters. The second-order valence-corrected chi connectivity index (χ2v) is 7.42. The number of hydrogen-bond acceptors (Lipinski definition) is 6. The van der Waals surface area contributed by atoms with Crippen LogP contribution in [0, 0.1) is 11.6 Å². The number of hydrogen-bond donors (Lipinski definition) is 1. The molecule has 0 spiro atoms. The average molecular weight is 461 g/mol. The number of fused-ring (bicyclic) bond motifs is 3. The molecule has 2 aliphatic heterocycles. The molecule has 1 saturated heterocycles. The van der Waals surface area contributed by atoms with Crippen molar-refractivity contribution in [1.82, 2.24) is 14.8 Å². The Morgan fingerprint density at radius 1 is 1.10 bits per heavy atom. The van der Waals surface area contributed by atoms with Crippen LogP contribution in [0.4, 0.5) is 26.1 Å². The van der Waals surface area contributed by atoms with Crippen LogP contribution in [0.2, 0.25) is 0 Å². The lowest BCUT2D eigenvalue weighted by Gasteiger charge is -2.28. The minimum Gasteiger partial charge on any atom is -0.378 e. The van der Waals surface area contributed by atoms with E-state index < -0.39 is 11.6 Å². The van der Waals surface area contributed by atoms with E-state index in [0.717, 1.165) is 18.9 Å². The largest absolute Gasteiger partial charge is 0.378 e. The average Bonchev–Trinajstić information content (AvgIpc) is 3.00. The Balaban J connectivity index is 1.66. The van der Waals surface area contributed by atoms with Gasteiger partial charge < -0.3 is 15.0 Å². The number of ether oxygens (including phenoxy) is 1. The molecule has 1 N–H and O–H groups in total. The van der Waals surface area contributed by atoms with Gasteiger partial charge in [-0.1, -0.05) is 6.07 Å². The van der Waals surface area contributed by atoms with E-state index in [1.807, 2.05) is 6.07 Å². The summed E-state index contributed by atoms with van der Waals surface area (Å²) < 4.78 is 36.5. The first kappa shape index (κ1) is 18.2. The molecule has 1 fully saturated rings. The number of benzene rings is 1. The number of nitrogens with one attached hydrogen (secondary N) is 1. The molecule has 2 aromatic heterocycles. The van der Waals surface area contributed by atoms with E-state index in [-0.39, 0.29) is 11.4 Å². The van der Waals surface area contributed by atoms with Crippen molar-refractivity contribution in [2.24, 2.45) is 4.99 Å². The van der Waals surface area contributed by atoms with Crippen LogP contribution in [0.25, 0.3) is 5.69 Å². The molecular weight excluding hydrogens is 446 g/mol. The van der Waals surface area contributed by atoms with Crippen LogP contribution in [0.15, 0.2) is 46.1 Å². The van der Waals surface area contributed by atoms with E-state index in [1.165, 1.54) is 18.2 Å². The molecule has 0 amide bonds. The number of anilines is 2. The summed E-state index contributed by atoms with van der Waals surface area (Å²) in [7, 11) is 0. The van der Waals surface area contributed by atoms with E-state index in [9.17, 15) is 8.78 Å². The van der Waals surface area contributed by atoms with Gasteiger partial charge in [-0.25, -0.2) is 23.4 Å². The van der Waals surface area contributed by atoms with Gasteiger partial charge in [-0.3, -0.25) is 0 Å². The molecule has 3 aromatic rings. The summed E-state index contributed by atoms with van der Waals surface area (Å²) in [5, 5.41) is 7.41. The summed E-state index contributed by atoms with van der Waals surface area (Å²) in [4.78, 5) is 11.1. The van der Waals surface area contributed by atoms with Crippen molar-refractivity contribution in [1.29, 1.82) is 0 Å². The Morgan fingerprint density at radius 3 is 2.62 bits per heavy atom. The Bertz CT molecular complexity index is 1110. The highest BCUT2D eigenvalue weighted by Gasteiger charge is 2.25. The van der Waals surface area contributed by atoms with Crippen LogP contribution < -0.4 is 10.2 Å². The summed E-state index contributed by atoms with van der Waals surface area (Å²) in [5.41, 5.74) is 0.979. The van der Waals surface area contributed by atoms with Gasteiger partial charge in [0.25, 0.3) is 0 Å². The van der Waals surface area contributed by atoms with Crippen LogP contribution in [0.5, 0.6) is 0 Å². The normalized spacial score (nSPS) is 15.8. The standard InChI is InChI=1S/C19H15BrF2N6O/c20-11-9-24-28-15-8-16(27-4-6-29-7-5-27)23-10-14(15)25-18(26-19(11)28)17-12(21)2-1-3-13(17)22/h1-3,8-10H,4-7H2,(H,25,26). The third-order valence-corrected chi connectivity index (χ3v) is 5.36. The maximum absolute atomic E-state index is 14.4. The van der Waals surface area contributed by atoms with Crippen molar-refractivity contribution in [3.8, 4) is 5.69 Å². The first-order chi connectivity index (χ1) is 14.1. The molecular formula is C19H15BrF2N6O.